The molecule has 3 aromatic rings. The van der Waals surface area contributed by atoms with Gasteiger partial charge < -0.3 is 19.5 Å². The molecule has 0 spiro atoms. The van der Waals surface area contributed by atoms with Crippen LogP contribution in [0.25, 0.3) is 22.8 Å². The Bertz CT molecular complexity index is 1150. The maximum atomic E-state index is 10.9. The third-order valence-corrected chi connectivity index (χ3v) is 6.68. The predicted molar refractivity (Wildman–Crippen MR) is 132 cm³/mol. The Morgan fingerprint density at radius 2 is 1.86 bits per heavy atom. The van der Waals surface area contributed by atoms with Gasteiger partial charge in [-0.05, 0) is 35.6 Å². The summed E-state index contributed by atoms with van der Waals surface area (Å²) in [6, 6.07) is 13.8. The molecule has 1 fully saturated rings. The van der Waals surface area contributed by atoms with Gasteiger partial charge in [0.05, 0.1) is 6.61 Å². The van der Waals surface area contributed by atoms with Crippen molar-refractivity contribution in [3.63, 3.8) is 0 Å². The second-order valence-corrected chi connectivity index (χ2v) is 9.92. The maximum Gasteiger partial charge on any atom is 0.506 e. The number of carbonyl (C=O) groups is 1. The van der Waals surface area contributed by atoms with Crippen LogP contribution < -0.4 is 0 Å². The van der Waals surface area contributed by atoms with Crippen LogP contribution in [0.5, 0.6) is 0 Å². The van der Waals surface area contributed by atoms with Crippen LogP contribution in [0.2, 0.25) is 5.02 Å². The first kappa shape index (κ1) is 25.2. The van der Waals surface area contributed by atoms with Crippen molar-refractivity contribution < 1.29 is 24.3 Å². The molecule has 35 heavy (non-hydrogen) atoms. The van der Waals surface area contributed by atoms with Crippen molar-refractivity contribution >= 4 is 17.8 Å². The molecule has 2 heterocycles. The standard InChI is InChI=1S/C26H30ClN3O5/c1-17(2)13-20-7-8-21(14-22(20)27)24-28-23(29-35-24)19-5-3-18(4-6-19)15-30-11-9-26(16-31,10-12-30)34-25(32)33/h3-8,14,17,31H,9-13,15-16H2,1-2H3,(H,32,33). The van der Waals surface area contributed by atoms with Crippen LogP contribution >= 0.6 is 11.6 Å². The van der Waals surface area contributed by atoms with E-state index in [2.05, 4.69) is 28.9 Å². The van der Waals surface area contributed by atoms with Crippen LogP contribution in [-0.2, 0) is 17.7 Å². The van der Waals surface area contributed by atoms with Crippen molar-refractivity contribution in [1.82, 2.24) is 15.0 Å². The molecule has 2 N–H and O–H groups in total. The number of hydrogen-bond donors (Lipinski definition) is 2. The molecule has 0 atom stereocenters. The topological polar surface area (TPSA) is 109 Å². The van der Waals surface area contributed by atoms with Crippen molar-refractivity contribution in [2.24, 2.45) is 5.92 Å². The summed E-state index contributed by atoms with van der Waals surface area (Å²) in [4.78, 5) is 17.7. The van der Waals surface area contributed by atoms with E-state index in [-0.39, 0.29) is 6.61 Å². The summed E-state index contributed by atoms with van der Waals surface area (Å²) < 4.78 is 10.5. The van der Waals surface area contributed by atoms with E-state index >= 15 is 0 Å². The smallest absolute Gasteiger partial charge is 0.450 e. The van der Waals surface area contributed by atoms with Gasteiger partial charge in [0.1, 0.15) is 5.60 Å². The number of aliphatic hydroxyl groups is 1. The Morgan fingerprint density at radius 3 is 2.46 bits per heavy atom. The molecule has 9 heteroatoms. The average Bonchev–Trinajstić information content (AvgIpc) is 3.32. The summed E-state index contributed by atoms with van der Waals surface area (Å²) in [5.74, 6) is 1.45. The fraction of sp³-hybridized carbons (Fsp3) is 0.423. The van der Waals surface area contributed by atoms with Crippen molar-refractivity contribution in [2.45, 2.75) is 45.3 Å². The van der Waals surface area contributed by atoms with E-state index in [4.69, 9.17) is 26.0 Å². The van der Waals surface area contributed by atoms with E-state index < -0.39 is 11.8 Å². The van der Waals surface area contributed by atoms with E-state index in [1.54, 1.807) is 0 Å². The fourth-order valence-corrected chi connectivity index (χ4v) is 4.62. The van der Waals surface area contributed by atoms with Crippen LogP contribution in [-0.4, -0.2) is 56.7 Å². The highest BCUT2D eigenvalue weighted by molar-refractivity contribution is 6.31. The number of nitrogens with zero attached hydrogens (tertiary/aromatic N) is 3. The molecule has 1 aromatic heterocycles. The zero-order valence-corrected chi connectivity index (χ0v) is 20.7. The van der Waals surface area contributed by atoms with Gasteiger partial charge >= 0.3 is 6.16 Å². The number of piperidine rings is 1. The van der Waals surface area contributed by atoms with Crippen LogP contribution in [0.15, 0.2) is 47.0 Å². The molecule has 4 rings (SSSR count). The van der Waals surface area contributed by atoms with Crippen molar-refractivity contribution in [1.29, 1.82) is 0 Å². The van der Waals surface area contributed by atoms with Gasteiger partial charge in [-0.15, -0.1) is 0 Å². The van der Waals surface area contributed by atoms with Gasteiger partial charge in [0.25, 0.3) is 5.89 Å². The summed E-state index contributed by atoms with van der Waals surface area (Å²) in [5.41, 5.74) is 2.85. The molecule has 0 unspecified atom stereocenters. The van der Waals surface area contributed by atoms with E-state index in [1.807, 2.05) is 42.5 Å². The number of aliphatic hydroxyl groups excluding tert-OH is 1. The van der Waals surface area contributed by atoms with Gasteiger partial charge in [-0.25, -0.2) is 4.79 Å². The van der Waals surface area contributed by atoms with Crippen molar-refractivity contribution in [3.8, 4) is 22.8 Å². The van der Waals surface area contributed by atoms with Crippen molar-refractivity contribution in [3.05, 3.63) is 58.6 Å². The zero-order chi connectivity index (χ0) is 25.0. The zero-order valence-electron chi connectivity index (χ0n) is 19.9. The number of ether oxygens (including phenoxy) is 1. The van der Waals surface area contributed by atoms with Gasteiger partial charge in [-0.3, -0.25) is 4.90 Å². The largest absolute Gasteiger partial charge is 0.506 e. The maximum absolute atomic E-state index is 10.9. The number of likely N-dealkylation sites (tertiary alicyclic amines) is 1. The Balaban J connectivity index is 1.38. The molecular formula is C26H30ClN3O5. The molecular weight excluding hydrogens is 470 g/mol. The molecule has 0 saturated carbocycles. The third-order valence-electron chi connectivity index (χ3n) is 6.33. The molecule has 0 amide bonds. The second-order valence-electron chi connectivity index (χ2n) is 9.51. The minimum atomic E-state index is -1.35. The molecule has 186 valence electrons. The van der Waals surface area contributed by atoms with E-state index in [1.165, 1.54) is 0 Å². The minimum Gasteiger partial charge on any atom is -0.450 e. The minimum absolute atomic E-state index is 0.303. The fourth-order valence-electron chi connectivity index (χ4n) is 4.36. The van der Waals surface area contributed by atoms with E-state index in [9.17, 15) is 9.90 Å². The van der Waals surface area contributed by atoms with Crippen LogP contribution in [0, 0.1) is 5.92 Å². The number of rotatable bonds is 8. The molecule has 1 aliphatic rings. The van der Waals surface area contributed by atoms with Crippen LogP contribution in [0.1, 0.15) is 37.8 Å². The third kappa shape index (κ3) is 6.20. The van der Waals surface area contributed by atoms with Gasteiger partial charge in [-0.2, -0.15) is 4.98 Å². The van der Waals surface area contributed by atoms with Gasteiger partial charge in [0, 0.05) is 48.6 Å². The SMILES string of the molecule is CC(C)Cc1ccc(-c2nc(-c3ccc(CN4CCC(CO)(OC(=O)O)CC4)cc3)no2)cc1Cl. The molecule has 0 bridgehead atoms. The van der Waals surface area contributed by atoms with Gasteiger partial charge in [-0.1, -0.05) is 60.9 Å². The summed E-state index contributed by atoms with van der Waals surface area (Å²) in [6.07, 6.45) is 0.486. The molecule has 8 nitrogen and oxygen atoms in total. The first-order chi connectivity index (χ1) is 16.8. The van der Waals surface area contributed by atoms with Crippen molar-refractivity contribution in [2.75, 3.05) is 19.7 Å². The molecule has 0 aliphatic carbocycles. The molecule has 1 aliphatic heterocycles. The normalized spacial score (nSPS) is 15.9. The number of benzene rings is 2. The molecule has 2 aromatic carbocycles. The molecule has 0 radical (unpaired) electrons. The highest BCUT2D eigenvalue weighted by Crippen LogP contribution is 2.29. The Labute approximate surface area is 209 Å². The van der Waals surface area contributed by atoms with Gasteiger partial charge in [0.15, 0.2) is 0 Å². The average molecular weight is 500 g/mol. The Hall–Kier alpha value is -2.94. The van der Waals surface area contributed by atoms with Crippen LogP contribution in [0.4, 0.5) is 4.79 Å². The second kappa shape index (κ2) is 10.8. The lowest BCUT2D eigenvalue weighted by Crippen LogP contribution is -2.49. The first-order valence-corrected chi connectivity index (χ1v) is 12.1. The Morgan fingerprint density at radius 1 is 1.17 bits per heavy atom. The number of halogens is 1. The van der Waals surface area contributed by atoms with Crippen LogP contribution in [0.3, 0.4) is 0 Å². The highest BCUT2D eigenvalue weighted by atomic mass is 35.5. The lowest BCUT2D eigenvalue weighted by molar-refractivity contribution is -0.0854. The summed E-state index contributed by atoms with van der Waals surface area (Å²) in [7, 11) is 0. The van der Waals surface area contributed by atoms with E-state index in [0.717, 1.165) is 28.7 Å². The highest BCUT2D eigenvalue weighted by Gasteiger charge is 2.37. The number of carboxylic acid groups (broad SMARTS) is 1. The predicted octanol–water partition coefficient (Wildman–Crippen LogP) is 5.28. The quantitative estimate of drug-likeness (QED) is 0.403. The monoisotopic (exact) mass is 499 g/mol. The number of hydrogen-bond acceptors (Lipinski definition) is 7. The lowest BCUT2D eigenvalue weighted by atomic mass is 9.91. The summed E-state index contributed by atoms with van der Waals surface area (Å²) in [6.45, 7) is 6.01. The summed E-state index contributed by atoms with van der Waals surface area (Å²) in [5, 5.41) is 23.4. The Kier molecular flexibility index (Phi) is 7.74. The first-order valence-electron chi connectivity index (χ1n) is 11.7. The summed E-state index contributed by atoms with van der Waals surface area (Å²) >= 11 is 6.45. The van der Waals surface area contributed by atoms with Gasteiger partial charge in [0.2, 0.25) is 5.82 Å². The molecule has 1 saturated heterocycles. The lowest BCUT2D eigenvalue weighted by Gasteiger charge is -2.39. The number of aromatic nitrogens is 2. The van der Waals surface area contributed by atoms with E-state index in [0.29, 0.717) is 55.1 Å².